The molecule has 0 saturated carbocycles. The second kappa shape index (κ2) is 6.92. The molecule has 2 rings (SSSR count). The third kappa shape index (κ3) is 3.85. The van der Waals surface area contributed by atoms with Crippen molar-refractivity contribution in [1.29, 1.82) is 0 Å². The minimum atomic E-state index is 0.498. The maximum absolute atomic E-state index is 6.13. The monoisotopic (exact) mass is 328 g/mol. The third-order valence-corrected chi connectivity index (χ3v) is 3.47. The zero-order chi connectivity index (χ0) is 14.5. The van der Waals surface area contributed by atoms with Crippen molar-refractivity contribution in [2.75, 3.05) is 11.9 Å². The number of anilines is 1. The normalized spacial score (nSPS) is 10.3. The number of nitrogens with zero attached hydrogens (tertiary/aromatic N) is 2. The fourth-order valence-corrected chi connectivity index (χ4v) is 2.31. The molecule has 1 aromatic carbocycles. The number of aromatic nitrogens is 2. The molecule has 0 aliphatic rings. The summed E-state index contributed by atoms with van der Waals surface area (Å²) in [5.74, 6) is 0.532. The van der Waals surface area contributed by atoms with Gasteiger partial charge >= 0.3 is 0 Å². The van der Waals surface area contributed by atoms with Gasteiger partial charge < -0.3 is 10.6 Å². The van der Waals surface area contributed by atoms with Crippen LogP contribution in [0.3, 0.4) is 0 Å². The van der Waals surface area contributed by atoms with Crippen molar-refractivity contribution in [1.82, 2.24) is 15.1 Å². The van der Waals surface area contributed by atoms with Crippen molar-refractivity contribution < 1.29 is 0 Å². The largest absolute Gasteiger partial charge is 0.363 e. The summed E-state index contributed by atoms with van der Waals surface area (Å²) in [6.07, 6.45) is 1.74. The Morgan fingerprint density at radius 2 is 2.05 bits per heavy atom. The molecular formula is C13H14Cl2N4S. The summed E-state index contributed by atoms with van der Waals surface area (Å²) < 4.78 is 1.72. The maximum atomic E-state index is 6.13. The smallest absolute Gasteiger partial charge is 0.173 e. The summed E-state index contributed by atoms with van der Waals surface area (Å²) in [5, 5.41) is 12.0. The van der Waals surface area contributed by atoms with Crippen LogP contribution >= 0.6 is 35.4 Å². The van der Waals surface area contributed by atoms with Gasteiger partial charge in [0, 0.05) is 17.8 Å². The molecule has 2 aromatic rings. The molecule has 20 heavy (non-hydrogen) atoms. The standard InChI is InChI=1S/C13H14Cl2N4S/c1-2-16-13(20)17-12-11(15)8-19(18-12)7-9-5-3-4-6-10(9)14/h3-6,8H,2,7H2,1H3,(H2,16,17,18,20). The van der Waals surface area contributed by atoms with Gasteiger partial charge in [-0.2, -0.15) is 5.10 Å². The van der Waals surface area contributed by atoms with E-state index in [-0.39, 0.29) is 0 Å². The Kier molecular flexibility index (Phi) is 5.23. The second-order valence-corrected chi connectivity index (χ2v) is 5.32. The van der Waals surface area contributed by atoms with Crippen LogP contribution in [0, 0.1) is 0 Å². The Morgan fingerprint density at radius 1 is 1.30 bits per heavy atom. The van der Waals surface area contributed by atoms with Crippen LogP contribution in [0.2, 0.25) is 10.0 Å². The highest BCUT2D eigenvalue weighted by Crippen LogP contribution is 2.21. The predicted molar refractivity (Wildman–Crippen MR) is 87.7 cm³/mol. The van der Waals surface area contributed by atoms with Crippen LogP contribution in [0.15, 0.2) is 30.5 Å². The predicted octanol–water partition coefficient (Wildman–Crippen LogP) is 3.54. The molecule has 0 aliphatic heterocycles. The first-order valence-electron chi connectivity index (χ1n) is 6.11. The molecule has 0 bridgehead atoms. The molecule has 0 aliphatic carbocycles. The molecule has 106 valence electrons. The van der Waals surface area contributed by atoms with Crippen molar-refractivity contribution >= 4 is 46.4 Å². The van der Waals surface area contributed by atoms with Crippen molar-refractivity contribution in [2.45, 2.75) is 13.5 Å². The van der Waals surface area contributed by atoms with Crippen LogP contribution < -0.4 is 10.6 Å². The van der Waals surface area contributed by atoms with Crippen molar-refractivity contribution in [3.8, 4) is 0 Å². The molecule has 7 heteroatoms. The summed E-state index contributed by atoms with van der Waals surface area (Å²) in [5.41, 5.74) is 0.981. The topological polar surface area (TPSA) is 41.9 Å². The van der Waals surface area contributed by atoms with Crippen LogP contribution in [0.4, 0.5) is 5.82 Å². The minimum Gasteiger partial charge on any atom is -0.363 e. The van der Waals surface area contributed by atoms with E-state index in [2.05, 4.69) is 15.7 Å². The highest BCUT2D eigenvalue weighted by molar-refractivity contribution is 7.80. The number of hydrogen-bond acceptors (Lipinski definition) is 2. The fraction of sp³-hybridized carbons (Fsp3) is 0.231. The lowest BCUT2D eigenvalue weighted by Crippen LogP contribution is -2.28. The molecule has 0 radical (unpaired) electrons. The molecule has 0 saturated heterocycles. The lowest BCUT2D eigenvalue weighted by atomic mass is 10.2. The number of thiocarbonyl (C=S) groups is 1. The van der Waals surface area contributed by atoms with E-state index in [1.54, 1.807) is 10.9 Å². The van der Waals surface area contributed by atoms with Crippen LogP contribution in [-0.2, 0) is 6.54 Å². The van der Waals surface area contributed by atoms with Crippen molar-refractivity contribution in [3.63, 3.8) is 0 Å². The number of halogens is 2. The Balaban J connectivity index is 2.11. The number of rotatable bonds is 4. The van der Waals surface area contributed by atoms with Gasteiger partial charge in [-0.3, -0.25) is 4.68 Å². The molecule has 1 heterocycles. The summed E-state index contributed by atoms with van der Waals surface area (Å²) >= 11 is 17.4. The third-order valence-electron chi connectivity index (χ3n) is 2.58. The minimum absolute atomic E-state index is 0.498. The zero-order valence-electron chi connectivity index (χ0n) is 10.9. The van der Waals surface area contributed by atoms with Gasteiger partial charge in [0.25, 0.3) is 0 Å². The quantitative estimate of drug-likeness (QED) is 0.842. The van der Waals surface area contributed by atoms with E-state index in [0.29, 0.717) is 27.5 Å². The number of nitrogens with one attached hydrogen (secondary N) is 2. The Labute approximate surface area is 133 Å². The molecule has 0 atom stereocenters. The SMILES string of the molecule is CCNC(=S)Nc1nn(Cc2ccccc2Cl)cc1Cl. The molecular weight excluding hydrogens is 315 g/mol. The van der Waals surface area contributed by atoms with Crippen LogP contribution in [-0.4, -0.2) is 21.4 Å². The fourth-order valence-electron chi connectivity index (χ4n) is 1.68. The second-order valence-electron chi connectivity index (χ2n) is 4.10. The van der Waals surface area contributed by atoms with Gasteiger partial charge in [-0.15, -0.1) is 0 Å². The van der Waals surface area contributed by atoms with Crippen molar-refractivity contribution in [2.24, 2.45) is 0 Å². The summed E-state index contributed by atoms with van der Waals surface area (Å²) in [6, 6.07) is 7.63. The van der Waals surface area contributed by atoms with Gasteiger partial charge in [0.05, 0.1) is 6.54 Å². The van der Waals surface area contributed by atoms with Gasteiger partial charge in [0.1, 0.15) is 5.02 Å². The van der Waals surface area contributed by atoms with Crippen LogP contribution in [0.5, 0.6) is 0 Å². The first kappa shape index (κ1) is 15.1. The van der Waals surface area contributed by atoms with Gasteiger partial charge in [-0.25, -0.2) is 0 Å². The van der Waals surface area contributed by atoms with Crippen LogP contribution in [0.1, 0.15) is 12.5 Å². The Morgan fingerprint density at radius 3 is 2.75 bits per heavy atom. The van der Waals surface area contributed by atoms with Gasteiger partial charge in [0.2, 0.25) is 0 Å². The van der Waals surface area contributed by atoms with E-state index in [0.717, 1.165) is 12.1 Å². The molecule has 4 nitrogen and oxygen atoms in total. The molecule has 0 fully saturated rings. The molecule has 2 N–H and O–H groups in total. The van der Waals surface area contributed by atoms with Crippen LogP contribution in [0.25, 0.3) is 0 Å². The Bertz CT molecular complexity index is 612. The first-order chi connectivity index (χ1) is 9.60. The number of benzene rings is 1. The highest BCUT2D eigenvalue weighted by Gasteiger charge is 2.09. The number of hydrogen-bond donors (Lipinski definition) is 2. The average Bonchev–Trinajstić information content (AvgIpc) is 2.73. The lowest BCUT2D eigenvalue weighted by Gasteiger charge is -2.06. The summed E-state index contributed by atoms with van der Waals surface area (Å²) in [6.45, 7) is 3.25. The van der Waals surface area contributed by atoms with Crippen molar-refractivity contribution in [3.05, 3.63) is 46.1 Å². The van der Waals surface area contributed by atoms with Gasteiger partial charge in [0.15, 0.2) is 10.9 Å². The van der Waals surface area contributed by atoms with E-state index in [1.807, 2.05) is 31.2 Å². The van der Waals surface area contributed by atoms with E-state index < -0.39 is 0 Å². The van der Waals surface area contributed by atoms with E-state index in [9.17, 15) is 0 Å². The van der Waals surface area contributed by atoms with E-state index in [4.69, 9.17) is 35.4 Å². The van der Waals surface area contributed by atoms with E-state index >= 15 is 0 Å². The first-order valence-corrected chi connectivity index (χ1v) is 7.27. The molecule has 0 unspecified atom stereocenters. The summed E-state index contributed by atoms with van der Waals surface area (Å²) in [7, 11) is 0. The lowest BCUT2D eigenvalue weighted by molar-refractivity contribution is 0.690. The van der Waals surface area contributed by atoms with Gasteiger partial charge in [-0.1, -0.05) is 41.4 Å². The molecule has 1 aromatic heterocycles. The Hall–Kier alpha value is -1.30. The molecule has 0 amide bonds. The average molecular weight is 329 g/mol. The van der Waals surface area contributed by atoms with E-state index in [1.165, 1.54) is 0 Å². The maximum Gasteiger partial charge on any atom is 0.173 e. The molecule has 0 spiro atoms. The zero-order valence-corrected chi connectivity index (χ0v) is 13.2. The highest BCUT2D eigenvalue weighted by atomic mass is 35.5. The van der Waals surface area contributed by atoms with Gasteiger partial charge in [-0.05, 0) is 30.8 Å². The summed E-state index contributed by atoms with van der Waals surface area (Å²) in [4.78, 5) is 0.